The van der Waals surface area contributed by atoms with E-state index in [-0.39, 0.29) is 0 Å². The highest BCUT2D eigenvalue weighted by molar-refractivity contribution is 7.98. The van der Waals surface area contributed by atoms with E-state index < -0.39 is 0 Å². The number of nitrogens with zero attached hydrogens (tertiary/aromatic N) is 4. The molecule has 136 valence electrons. The molecule has 0 spiro atoms. The largest absolute Gasteiger partial charge is 0.497 e. The van der Waals surface area contributed by atoms with Crippen LogP contribution in [0, 0.1) is 11.3 Å². The Hall–Kier alpha value is -2.85. The third-order valence-corrected chi connectivity index (χ3v) is 5.49. The molecule has 0 fully saturated rings. The van der Waals surface area contributed by atoms with Crippen LogP contribution in [0.3, 0.4) is 0 Å². The Morgan fingerprint density at radius 2 is 2.11 bits per heavy atom. The lowest BCUT2D eigenvalue weighted by atomic mass is 9.95. The van der Waals surface area contributed by atoms with Crippen molar-refractivity contribution < 1.29 is 9.26 Å². The van der Waals surface area contributed by atoms with Crippen LogP contribution in [0.2, 0.25) is 0 Å². The summed E-state index contributed by atoms with van der Waals surface area (Å²) in [5.74, 6) is 2.23. The summed E-state index contributed by atoms with van der Waals surface area (Å²) >= 11 is 1.46. The molecule has 0 aliphatic heterocycles. The second-order valence-electron chi connectivity index (χ2n) is 6.30. The van der Waals surface area contributed by atoms with E-state index in [2.05, 4.69) is 16.2 Å². The number of benzene rings is 1. The molecule has 6 nitrogen and oxygen atoms in total. The van der Waals surface area contributed by atoms with E-state index in [9.17, 15) is 5.26 Å². The van der Waals surface area contributed by atoms with Gasteiger partial charge in [0.05, 0.1) is 18.4 Å². The highest BCUT2D eigenvalue weighted by Crippen LogP contribution is 2.29. The van der Waals surface area contributed by atoms with E-state index in [0.29, 0.717) is 23.0 Å². The van der Waals surface area contributed by atoms with Crippen molar-refractivity contribution in [3.05, 3.63) is 53.0 Å². The number of aryl methyl sites for hydroxylation is 2. The maximum absolute atomic E-state index is 9.45. The molecule has 0 saturated heterocycles. The second-order valence-corrected chi connectivity index (χ2v) is 7.26. The summed E-state index contributed by atoms with van der Waals surface area (Å²) in [4.78, 5) is 9.17. The lowest BCUT2D eigenvalue weighted by Crippen LogP contribution is -2.07. The van der Waals surface area contributed by atoms with Crippen LogP contribution in [0.25, 0.3) is 11.4 Å². The summed E-state index contributed by atoms with van der Waals surface area (Å²) in [6, 6.07) is 11.8. The topological polar surface area (TPSA) is 84.8 Å². The second kappa shape index (κ2) is 7.80. The van der Waals surface area contributed by atoms with Crippen molar-refractivity contribution in [2.45, 2.75) is 36.5 Å². The number of methoxy groups -OCH3 is 1. The Morgan fingerprint density at radius 3 is 2.96 bits per heavy atom. The number of hydrogen-bond donors (Lipinski definition) is 0. The molecule has 4 rings (SSSR count). The lowest BCUT2D eigenvalue weighted by Gasteiger charge is -2.16. The van der Waals surface area contributed by atoms with Crippen LogP contribution in [0.4, 0.5) is 0 Å². The highest BCUT2D eigenvalue weighted by atomic mass is 32.2. The van der Waals surface area contributed by atoms with Crippen LogP contribution in [0.5, 0.6) is 5.75 Å². The van der Waals surface area contributed by atoms with Gasteiger partial charge in [-0.15, -0.1) is 0 Å². The van der Waals surface area contributed by atoms with Gasteiger partial charge in [-0.2, -0.15) is 10.2 Å². The summed E-state index contributed by atoms with van der Waals surface area (Å²) in [7, 11) is 1.62. The summed E-state index contributed by atoms with van der Waals surface area (Å²) < 4.78 is 10.6. The van der Waals surface area contributed by atoms with Gasteiger partial charge in [0.25, 0.3) is 0 Å². The Bertz CT molecular complexity index is 1010. The minimum atomic E-state index is 0.470. The first kappa shape index (κ1) is 17.6. The van der Waals surface area contributed by atoms with Crippen molar-refractivity contribution in [3.8, 4) is 23.2 Å². The van der Waals surface area contributed by atoms with Gasteiger partial charge in [0.1, 0.15) is 16.8 Å². The molecular formula is C20H18N4O2S. The summed E-state index contributed by atoms with van der Waals surface area (Å²) in [5.41, 5.74) is 3.78. The number of pyridine rings is 1. The molecule has 2 aromatic heterocycles. The summed E-state index contributed by atoms with van der Waals surface area (Å²) in [6.07, 6.45) is 4.31. The van der Waals surface area contributed by atoms with E-state index >= 15 is 0 Å². The van der Waals surface area contributed by atoms with E-state index in [0.717, 1.165) is 41.3 Å². The van der Waals surface area contributed by atoms with Crippen molar-refractivity contribution in [1.82, 2.24) is 15.1 Å². The molecule has 3 aromatic rings. The molecule has 1 aromatic carbocycles. The minimum absolute atomic E-state index is 0.470. The molecule has 27 heavy (non-hydrogen) atoms. The lowest BCUT2D eigenvalue weighted by molar-refractivity contribution is 0.391. The van der Waals surface area contributed by atoms with Crippen LogP contribution in [0.15, 0.2) is 39.9 Å². The zero-order valence-corrected chi connectivity index (χ0v) is 15.8. The van der Waals surface area contributed by atoms with Crippen LogP contribution in [0.1, 0.15) is 35.6 Å². The van der Waals surface area contributed by atoms with Gasteiger partial charge < -0.3 is 9.26 Å². The Balaban J connectivity index is 1.51. The van der Waals surface area contributed by atoms with Crippen LogP contribution < -0.4 is 4.74 Å². The number of ether oxygens (including phenoxy) is 1. The van der Waals surface area contributed by atoms with E-state index in [1.54, 1.807) is 7.11 Å². The molecule has 0 bridgehead atoms. The third kappa shape index (κ3) is 3.81. The van der Waals surface area contributed by atoms with Gasteiger partial charge in [-0.3, -0.25) is 0 Å². The first-order chi connectivity index (χ1) is 13.3. The van der Waals surface area contributed by atoms with Gasteiger partial charge >= 0.3 is 0 Å². The number of nitriles is 1. The molecule has 0 N–H and O–H groups in total. The zero-order valence-electron chi connectivity index (χ0n) is 14.9. The minimum Gasteiger partial charge on any atom is -0.497 e. The number of rotatable bonds is 5. The number of thioether (sulfide) groups is 1. The number of aromatic nitrogens is 3. The third-order valence-electron chi connectivity index (χ3n) is 4.51. The molecule has 1 aliphatic rings. The van der Waals surface area contributed by atoms with Gasteiger partial charge in [-0.25, -0.2) is 4.98 Å². The van der Waals surface area contributed by atoms with Crippen LogP contribution >= 0.6 is 11.8 Å². The highest BCUT2D eigenvalue weighted by Gasteiger charge is 2.17. The fourth-order valence-electron chi connectivity index (χ4n) is 3.13. The first-order valence-electron chi connectivity index (χ1n) is 8.79. The molecule has 0 saturated carbocycles. The molecule has 0 radical (unpaired) electrons. The molecule has 0 amide bonds. The standard InChI is InChI=1S/C20H18N4O2S/c1-25-16-7-4-6-14(10-16)19-23-18(26-24-19)12-27-20-15(11-21)9-13-5-2-3-8-17(13)22-20/h4,6-7,9-10H,2-3,5,8,12H2,1H3. The Labute approximate surface area is 161 Å². The molecule has 1 aliphatic carbocycles. The average Bonchev–Trinajstić information content (AvgIpc) is 3.20. The monoisotopic (exact) mass is 378 g/mol. The molecular weight excluding hydrogens is 360 g/mol. The fourth-order valence-corrected chi connectivity index (χ4v) is 3.94. The van der Waals surface area contributed by atoms with Crippen LogP contribution in [-0.4, -0.2) is 22.2 Å². The van der Waals surface area contributed by atoms with E-state index in [4.69, 9.17) is 14.2 Å². The Morgan fingerprint density at radius 1 is 1.22 bits per heavy atom. The van der Waals surface area contributed by atoms with Crippen molar-refractivity contribution in [2.75, 3.05) is 7.11 Å². The predicted octanol–water partition coefficient (Wildman–Crippen LogP) is 4.18. The summed E-state index contributed by atoms with van der Waals surface area (Å²) in [5, 5.41) is 14.2. The molecule has 0 atom stereocenters. The quantitative estimate of drug-likeness (QED) is 0.616. The van der Waals surface area contributed by atoms with Gasteiger partial charge in [0.2, 0.25) is 11.7 Å². The van der Waals surface area contributed by atoms with Crippen molar-refractivity contribution >= 4 is 11.8 Å². The maximum Gasteiger partial charge on any atom is 0.237 e. The fraction of sp³-hybridized carbons (Fsp3) is 0.300. The van der Waals surface area contributed by atoms with Gasteiger partial charge in [0, 0.05) is 11.3 Å². The SMILES string of the molecule is COc1cccc(-c2noc(CSc3nc4c(cc3C#N)CCCC4)n2)c1. The van der Waals surface area contributed by atoms with E-state index in [1.807, 2.05) is 30.3 Å². The molecule has 0 unspecified atom stereocenters. The number of hydrogen-bond acceptors (Lipinski definition) is 7. The Kier molecular flexibility index (Phi) is 5.07. The smallest absolute Gasteiger partial charge is 0.237 e. The van der Waals surface area contributed by atoms with Crippen molar-refractivity contribution in [2.24, 2.45) is 0 Å². The van der Waals surface area contributed by atoms with E-state index in [1.165, 1.54) is 23.7 Å². The van der Waals surface area contributed by atoms with Crippen molar-refractivity contribution in [1.29, 1.82) is 5.26 Å². The predicted molar refractivity (Wildman–Crippen MR) is 101 cm³/mol. The normalized spacial score (nSPS) is 13.0. The summed E-state index contributed by atoms with van der Waals surface area (Å²) in [6.45, 7) is 0. The van der Waals surface area contributed by atoms with Crippen molar-refractivity contribution in [3.63, 3.8) is 0 Å². The first-order valence-corrected chi connectivity index (χ1v) is 9.78. The molecule has 7 heteroatoms. The number of fused-ring (bicyclic) bond motifs is 1. The van der Waals surface area contributed by atoms with Gasteiger partial charge in [-0.1, -0.05) is 29.1 Å². The van der Waals surface area contributed by atoms with Gasteiger partial charge in [-0.05, 0) is 49.4 Å². The maximum atomic E-state index is 9.45. The average molecular weight is 378 g/mol. The zero-order chi connectivity index (χ0) is 18.6. The molecule has 2 heterocycles. The van der Waals surface area contributed by atoms with Gasteiger partial charge in [0.15, 0.2) is 0 Å². The van der Waals surface area contributed by atoms with Crippen LogP contribution in [-0.2, 0) is 18.6 Å².